The second kappa shape index (κ2) is 2.39. The monoisotopic (exact) mass is 178 g/mol. The van der Waals surface area contributed by atoms with Crippen LogP contribution in [0.3, 0.4) is 0 Å². The minimum absolute atomic E-state index is 0.358. The Kier molecular flexibility index (Phi) is 1.45. The molecule has 13 heavy (non-hydrogen) atoms. The van der Waals surface area contributed by atoms with E-state index in [2.05, 4.69) is 0 Å². The molecule has 0 aliphatic heterocycles. The van der Waals surface area contributed by atoms with Crippen LogP contribution in [0.4, 0.5) is 5.69 Å². The zero-order chi connectivity index (χ0) is 9.59. The van der Waals surface area contributed by atoms with Crippen molar-refractivity contribution in [2.45, 2.75) is 6.92 Å². The van der Waals surface area contributed by atoms with Gasteiger partial charge in [0, 0.05) is 12.7 Å². The molecule has 0 unspecified atom stereocenters. The predicted molar refractivity (Wildman–Crippen MR) is 50.6 cm³/mol. The molecule has 0 saturated heterocycles. The van der Waals surface area contributed by atoms with Crippen LogP contribution in [0, 0.1) is 6.92 Å². The number of fused-ring (bicyclic) bond motifs is 1. The number of nitrogens with two attached hydrogens (primary N) is 1. The Morgan fingerprint density at radius 1 is 1.46 bits per heavy atom. The third-order valence-corrected chi connectivity index (χ3v) is 2.10. The zero-order valence-corrected chi connectivity index (χ0v) is 7.50. The summed E-state index contributed by atoms with van der Waals surface area (Å²) in [6.45, 7) is 1.86. The number of oxazole rings is 1. The van der Waals surface area contributed by atoms with Crippen LogP contribution in [-0.2, 0) is 7.05 Å². The third kappa shape index (κ3) is 1.02. The van der Waals surface area contributed by atoms with Gasteiger partial charge in [0.05, 0.1) is 5.52 Å². The third-order valence-electron chi connectivity index (χ3n) is 2.10. The van der Waals surface area contributed by atoms with Crippen molar-refractivity contribution in [3.05, 3.63) is 28.2 Å². The van der Waals surface area contributed by atoms with Gasteiger partial charge in [-0.3, -0.25) is 4.57 Å². The maximum atomic E-state index is 11.2. The minimum atomic E-state index is -0.358. The van der Waals surface area contributed by atoms with Gasteiger partial charge in [-0.05, 0) is 24.6 Å². The minimum Gasteiger partial charge on any atom is -0.407 e. The molecule has 0 fully saturated rings. The van der Waals surface area contributed by atoms with E-state index < -0.39 is 0 Å². The van der Waals surface area contributed by atoms with Crippen molar-refractivity contribution in [3.63, 3.8) is 0 Å². The number of anilines is 1. The fraction of sp³-hybridized carbons (Fsp3) is 0.222. The molecule has 0 bridgehead atoms. The van der Waals surface area contributed by atoms with Crippen LogP contribution in [0.1, 0.15) is 5.56 Å². The molecule has 68 valence electrons. The molecule has 0 spiro atoms. The molecule has 4 nitrogen and oxygen atoms in total. The Balaban J connectivity index is 3.03. The van der Waals surface area contributed by atoms with Gasteiger partial charge in [-0.1, -0.05) is 0 Å². The van der Waals surface area contributed by atoms with E-state index in [1.54, 1.807) is 19.2 Å². The van der Waals surface area contributed by atoms with Crippen LogP contribution in [0.2, 0.25) is 0 Å². The molecular weight excluding hydrogens is 168 g/mol. The Labute approximate surface area is 74.6 Å². The topological polar surface area (TPSA) is 61.2 Å². The lowest BCUT2D eigenvalue weighted by Crippen LogP contribution is -2.08. The van der Waals surface area contributed by atoms with Gasteiger partial charge in [0.2, 0.25) is 0 Å². The number of hydrogen-bond acceptors (Lipinski definition) is 3. The fourth-order valence-electron chi connectivity index (χ4n) is 1.42. The number of benzene rings is 1. The van der Waals surface area contributed by atoms with E-state index in [0.717, 1.165) is 11.1 Å². The highest BCUT2D eigenvalue weighted by Crippen LogP contribution is 2.20. The van der Waals surface area contributed by atoms with E-state index in [4.69, 9.17) is 10.2 Å². The summed E-state index contributed by atoms with van der Waals surface area (Å²) >= 11 is 0. The van der Waals surface area contributed by atoms with E-state index in [0.29, 0.717) is 11.3 Å². The SMILES string of the molecule is Cc1cc(N)cc2c1oc(=O)n2C. The summed E-state index contributed by atoms with van der Waals surface area (Å²) in [5.74, 6) is -0.358. The van der Waals surface area contributed by atoms with Gasteiger partial charge >= 0.3 is 5.76 Å². The van der Waals surface area contributed by atoms with E-state index in [1.807, 2.05) is 6.92 Å². The van der Waals surface area contributed by atoms with Crippen molar-refractivity contribution in [2.24, 2.45) is 7.05 Å². The molecular formula is C9H10N2O2. The normalized spacial score (nSPS) is 10.9. The Hall–Kier alpha value is -1.71. The lowest BCUT2D eigenvalue weighted by atomic mass is 10.2. The molecule has 2 rings (SSSR count). The average molecular weight is 178 g/mol. The Morgan fingerprint density at radius 2 is 2.15 bits per heavy atom. The average Bonchev–Trinajstić information content (AvgIpc) is 2.32. The van der Waals surface area contributed by atoms with Crippen LogP contribution in [-0.4, -0.2) is 4.57 Å². The number of aromatic nitrogens is 1. The molecule has 1 aromatic heterocycles. The van der Waals surface area contributed by atoms with Gasteiger partial charge < -0.3 is 10.2 Å². The van der Waals surface area contributed by atoms with Crippen molar-refractivity contribution in [1.29, 1.82) is 0 Å². The maximum absolute atomic E-state index is 11.2. The molecule has 0 atom stereocenters. The van der Waals surface area contributed by atoms with Crippen LogP contribution in [0.15, 0.2) is 21.3 Å². The quantitative estimate of drug-likeness (QED) is 0.613. The second-order valence-corrected chi connectivity index (χ2v) is 3.11. The summed E-state index contributed by atoms with van der Waals surface area (Å²) in [6.07, 6.45) is 0. The van der Waals surface area contributed by atoms with Gasteiger partial charge in [-0.15, -0.1) is 0 Å². The molecule has 2 N–H and O–H groups in total. The van der Waals surface area contributed by atoms with Crippen molar-refractivity contribution in [3.8, 4) is 0 Å². The van der Waals surface area contributed by atoms with Crippen LogP contribution >= 0.6 is 0 Å². The number of rotatable bonds is 0. The van der Waals surface area contributed by atoms with E-state index in [9.17, 15) is 4.79 Å². The van der Waals surface area contributed by atoms with Crippen LogP contribution in [0.25, 0.3) is 11.1 Å². The molecule has 0 aliphatic rings. The van der Waals surface area contributed by atoms with Gasteiger partial charge in [0.1, 0.15) is 0 Å². The van der Waals surface area contributed by atoms with E-state index in [1.165, 1.54) is 4.57 Å². The number of nitrogens with zero attached hydrogens (tertiary/aromatic N) is 1. The standard InChI is InChI=1S/C9H10N2O2/c1-5-3-6(10)4-7-8(5)13-9(12)11(7)2/h3-4H,10H2,1-2H3. The van der Waals surface area contributed by atoms with Gasteiger partial charge in [-0.2, -0.15) is 0 Å². The largest absolute Gasteiger partial charge is 0.419 e. The second-order valence-electron chi connectivity index (χ2n) is 3.11. The van der Waals surface area contributed by atoms with Crippen molar-refractivity contribution in [2.75, 3.05) is 5.73 Å². The number of nitrogen functional groups attached to an aromatic ring is 1. The molecule has 2 aromatic rings. The van der Waals surface area contributed by atoms with Crippen LogP contribution < -0.4 is 11.5 Å². The first-order valence-electron chi connectivity index (χ1n) is 3.95. The first kappa shape index (κ1) is 7.91. The molecule has 0 saturated carbocycles. The number of aryl methyl sites for hydroxylation is 2. The fourth-order valence-corrected chi connectivity index (χ4v) is 1.42. The predicted octanol–water partition coefficient (Wildman–Crippen LogP) is 1.02. The van der Waals surface area contributed by atoms with Gasteiger partial charge in [0.25, 0.3) is 0 Å². The van der Waals surface area contributed by atoms with Crippen LogP contribution in [0.5, 0.6) is 0 Å². The van der Waals surface area contributed by atoms with Crippen molar-refractivity contribution in [1.82, 2.24) is 4.57 Å². The Morgan fingerprint density at radius 3 is 2.85 bits per heavy atom. The molecule has 0 aliphatic carbocycles. The first-order chi connectivity index (χ1) is 6.09. The maximum Gasteiger partial charge on any atom is 0.419 e. The smallest absolute Gasteiger partial charge is 0.407 e. The molecule has 0 radical (unpaired) electrons. The summed E-state index contributed by atoms with van der Waals surface area (Å²) in [5, 5.41) is 0. The first-order valence-corrected chi connectivity index (χ1v) is 3.95. The molecule has 1 heterocycles. The van der Waals surface area contributed by atoms with Gasteiger partial charge in [-0.25, -0.2) is 4.79 Å². The highest BCUT2D eigenvalue weighted by atomic mass is 16.4. The van der Waals surface area contributed by atoms with Crippen molar-refractivity contribution < 1.29 is 4.42 Å². The Bertz CT molecular complexity index is 522. The summed E-state index contributed by atoms with van der Waals surface area (Å²) in [4.78, 5) is 11.2. The van der Waals surface area contributed by atoms with E-state index in [-0.39, 0.29) is 5.76 Å². The molecule has 0 amide bonds. The van der Waals surface area contributed by atoms with E-state index >= 15 is 0 Å². The molecule has 1 aromatic carbocycles. The lowest BCUT2D eigenvalue weighted by molar-refractivity contribution is 0.526. The summed E-state index contributed by atoms with van der Waals surface area (Å²) in [6, 6.07) is 3.51. The summed E-state index contributed by atoms with van der Waals surface area (Å²) in [5.41, 5.74) is 8.52. The number of hydrogen-bond donors (Lipinski definition) is 1. The highest BCUT2D eigenvalue weighted by Gasteiger charge is 2.08. The molecule has 4 heteroatoms. The summed E-state index contributed by atoms with van der Waals surface area (Å²) in [7, 11) is 1.66. The highest BCUT2D eigenvalue weighted by molar-refractivity contribution is 5.80. The van der Waals surface area contributed by atoms with Crippen molar-refractivity contribution >= 4 is 16.8 Å². The summed E-state index contributed by atoms with van der Waals surface area (Å²) < 4.78 is 6.48. The van der Waals surface area contributed by atoms with Gasteiger partial charge in [0.15, 0.2) is 5.58 Å². The lowest BCUT2D eigenvalue weighted by Gasteiger charge is -1.97. The zero-order valence-electron chi connectivity index (χ0n) is 7.50.